The summed E-state index contributed by atoms with van der Waals surface area (Å²) >= 11 is 0. The number of alkyl halides is 1. The average molecular weight is 367 g/mol. The van der Waals surface area contributed by atoms with Gasteiger partial charge < -0.3 is 10.2 Å². The summed E-state index contributed by atoms with van der Waals surface area (Å²) in [4.78, 5) is 20.4. The lowest BCUT2D eigenvalue weighted by Gasteiger charge is -2.23. The third kappa shape index (κ3) is 3.71. The summed E-state index contributed by atoms with van der Waals surface area (Å²) in [6, 6.07) is 11.6. The van der Waals surface area contributed by atoms with E-state index in [-0.39, 0.29) is 31.5 Å². The van der Waals surface area contributed by atoms with Crippen LogP contribution in [-0.4, -0.2) is 65.1 Å². The number of pyridine rings is 1. The van der Waals surface area contributed by atoms with Gasteiger partial charge in [-0.25, -0.2) is 4.39 Å². The molecule has 4 rings (SSSR count). The maximum absolute atomic E-state index is 13.5. The van der Waals surface area contributed by atoms with E-state index in [1.54, 1.807) is 6.20 Å². The maximum Gasteiger partial charge on any atom is 0.237 e. The van der Waals surface area contributed by atoms with Crippen molar-refractivity contribution in [3.63, 3.8) is 0 Å². The SMILES string of the molecule is N#C[C@@H]1C[C@H](F)CN1C(=O)CN1CC[C@@H](Nc2cccc3cccnc23)C1. The lowest BCUT2D eigenvalue weighted by molar-refractivity contribution is -0.132. The molecule has 2 aliphatic rings. The monoisotopic (exact) mass is 367 g/mol. The molecule has 1 aromatic heterocycles. The summed E-state index contributed by atoms with van der Waals surface area (Å²) in [5.41, 5.74) is 1.94. The Morgan fingerprint density at radius 3 is 3.04 bits per heavy atom. The first-order valence-electron chi connectivity index (χ1n) is 9.30. The van der Waals surface area contributed by atoms with Crippen molar-refractivity contribution in [2.75, 3.05) is 31.5 Å². The molecule has 140 valence electrons. The van der Waals surface area contributed by atoms with Crippen LogP contribution in [0.5, 0.6) is 0 Å². The second-order valence-corrected chi connectivity index (χ2v) is 7.27. The van der Waals surface area contributed by atoms with Gasteiger partial charge in [0.15, 0.2) is 0 Å². The molecule has 1 amide bonds. The molecule has 0 unspecified atom stereocenters. The molecule has 3 heterocycles. The van der Waals surface area contributed by atoms with Crippen molar-refractivity contribution in [3.05, 3.63) is 36.5 Å². The molecule has 1 aromatic carbocycles. The highest BCUT2D eigenvalue weighted by Crippen LogP contribution is 2.24. The number of para-hydroxylation sites is 1. The molecule has 0 aliphatic carbocycles. The second-order valence-electron chi connectivity index (χ2n) is 7.27. The Hall–Kier alpha value is -2.72. The second kappa shape index (κ2) is 7.49. The topological polar surface area (TPSA) is 72.3 Å². The molecule has 1 N–H and O–H groups in total. The number of hydrogen-bond donors (Lipinski definition) is 1. The predicted molar refractivity (Wildman–Crippen MR) is 101 cm³/mol. The van der Waals surface area contributed by atoms with Crippen molar-refractivity contribution in [2.45, 2.75) is 31.1 Å². The zero-order valence-electron chi connectivity index (χ0n) is 15.0. The first kappa shape index (κ1) is 17.7. The molecule has 2 aromatic rings. The molecule has 2 fully saturated rings. The summed E-state index contributed by atoms with van der Waals surface area (Å²) < 4.78 is 13.5. The van der Waals surface area contributed by atoms with Gasteiger partial charge in [-0.1, -0.05) is 18.2 Å². The summed E-state index contributed by atoms with van der Waals surface area (Å²) in [5, 5.41) is 13.7. The van der Waals surface area contributed by atoms with Crippen molar-refractivity contribution in [1.29, 1.82) is 5.26 Å². The lowest BCUT2D eigenvalue weighted by atomic mass is 10.1. The van der Waals surface area contributed by atoms with Crippen LogP contribution in [0.15, 0.2) is 36.5 Å². The van der Waals surface area contributed by atoms with Crippen LogP contribution in [0.4, 0.5) is 10.1 Å². The number of carbonyl (C=O) groups excluding carboxylic acids is 1. The number of anilines is 1. The molecule has 0 saturated carbocycles. The van der Waals surface area contributed by atoms with Gasteiger partial charge in [0, 0.05) is 37.1 Å². The number of rotatable bonds is 4. The Morgan fingerprint density at radius 1 is 1.33 bits per heavy atom. The van der Waals surface area contributed by atoms with E-state index in [4.69, 9.17) is 5.26 Å². The molecular formula is C20H22FN5O. The first-order chi connectivity index (χ1) is 13.1. The van der Waals surface area contributed by atoms with Gasteiger partial charge in [0.2, 0.25) is 5.91 Å². The molecule has 0 bridgehead atoms. The van der Waals surface area contributed by atoms with Crippen molar-refractivity contribution >= 4 is 22.5 Å². The van der Waals surface area contributed by atoms with Crippen LogP contribution in [0.25, 0.3) is 10.9 Å². The van der Waals surface area contributed by atoms with E-state index < -0.39 is 12.2 Å². The van der Waals surface area contributed by atoms with E-state index in [2.05, 4.69) is 15.2 Å². The molecule has 0 spiro atoms. The number of likely N-dealkylation sites (tertiary alicyclic amines) is 2. The number of hydrogen-bond acceptors (Lipinski definition) is 5. The number of fused-ring (bicyclic) bond motifs is 1. The minimum atomic E-state index is -1.09. The molecule has 2 aliphatic heterocycles. The normalized spacial score (nSPS) is 25.6. The van der Waals surface area contributed by atoms with Gasteiger partial charge in [0.05, 0.1) is 30.4 Å². The van der Waals surface area contributed by atoms with E-state index in [1.807, 2.05) is 36.4 Å². The number of halogens is 1. The van der Waals surface area contributed by atoms with E-state index in [0.717, 1.165) is 36.1 Å². The van der Waals surface area contributed by atoms with E-state index in [0.29, 0.717) is 0 Å². The fraction of sp³-hybridized carbons (Fsp3) is 0.450. The Morgan fingerprint density at radius 2 is 2.19 bits per heavy atom. The standard InChI is InChI=1S/C20H22FN5O/c21-15-9-17(10-22)26(11-15)19(27)13-25-8-6-16(12-25)24-18-5-1-3-14-4-2-7-23-20(14)18/h1-5,7,15-17,24H,6,8-9,11-13H2/t15-,16+,17-/m0/s1. The minimum Gasteiger partial charge on any atom is -0.379 e. The number of nitrogens with zero attached hydrogens (tertiary/aromatic N) is 4. The number of benzene rings is 1. The molecule has 27 heavy (non-hydrogen) atoms. The third-order valence-corrected chi connectivity index (χ3v) is 5.34. The van der Waals surface area contributed by atoms with Crippen molar-refractivity contribution < 1.29 is 9.18 Å². The van der Waals surface area contributed by atoms with Gasteiger partial charge in [-0.05, 0) is 18.6 Å². The molecule has 6 nitrogen and oxygen atoms in total. The Bertz CT molecular complexity index is 877. The van der Waals surface area contributed by atoms with Crippen LogP contribution in [0, 0.1) is 11.3 Å². The van der Waals surface area contributed by atoms with Crippen LogP contribution in [0.3, 0.4) is 0 Å². The maximum atomic E-state index is 13.5. The van der Waals surface area contributed by atoms with Gasteiger partial charge in [0.25, 0.3) is 0 Å². The zero-order chi connectivity index (χ0) is 18.8. The van der Waals surface area contributed by atoms with Crippen LogP contribution in [0.1, 0.15) is 12.8 Å². The number of nitrogens with one attached hydrogen (secondary N) is 1. The Kier molecular flexibility index (Phi) is 4.90. The highest BCUT2D eigenvalue weighted by molar-refractivity contribution is 5.90. The van der Waals surface area contributed by atoms with Crippen LogP contribution < -0.4 is 5.32 Å². The quantitative estimate of drug-likeness (QED) is 0.897. The average Bonchev–Trinajstić information content (AvgIpc) is 3.28. The first-order valence-corrected chi connectivity index (χ1v) is 9.30. The highest BCUT2D eigenvalue weighted by atomic mass is 19.1. The molecule has 7 heteroatoms. The predicted octanol–water partition coefficient (Wildman–Crippen LogP) is 2.18. The van der Waals surface area contributed by atoms with Gasteiger partial charge in [-0.2, -0.15) is 5.26 Å². The fourth-order valence-corrected chi connectivity index (χ4v) is 4.00. The largest absolute Gasteiger partial charge is 0.379 e. The van der Waals surface area contributed by atoms with Crippen molar-refractivity contribution in [1.82, 2.24) is 14.8 Å². The van der Waals surface area contributed by atoms with Gasteiger partial charge in [-0.3, -0.25) is 14.7 Å². The third-order valence-electron chi connectivity index (χ3n) is 5.34. The summed E-state index contributed by atoms with van der Waals surface area (Å²) in [6.45, 7) is 1.80. The highest BCUT2D eigenvalue weighted by Gasteiger charge is 2.36. The van der Waals surface area contributed by atoms with Crippen molar-refractivity contribution in [3.8, 4) is 6.07 Å². The van der Waals surface area contributed by atoms with Crippen LogP contribution in [-0.2, 0) is 4.79 Å². The number of amides is 1. The summed E-state index contributed by atoms with van der Waals surface area (Å²) in [6.07, 6.45) is 1.74. The Balaban J connectivity index is 1.36. The van der Waals surface area contributed by atoms with E-state index in [9.17, 15) is 9.18 Å². The van der Waals surface area contributed by atoms with Crippen molar-refractivity contribution in [2.24, 2.45) is 0 Å². The molecule has 3 atom stereocenters. The van der Waals surface area contributed by atoms with Gasteiger partial charge in [0.1, 0.15) is 12.2 Å². The van der Waals surface area contributed by atoms with Crippen LogP contribution in [0.2, 0.25) is 0 Å². The van der Waals surface area contributed by atoms with Gasteiger partial charge >= 0.3 is 0 Å². The molecular weight excluding hydrogens is 345 g/mol. The molecule has 2 saturated heterocycles. The smallest absolute Gasteiger partial charge is 0.237 e. The fourth-order valence-electron chi connectivity index (χ4n) is 4.00. The number of nitriles is 1. The van der Waals surface area contributed by atoms with Gasteiger partial charge in [-0.15, -0.1) is 0 Å². The Labute approximate surface area is 157 Å². The minimum absolute atomic E-state index is 0.0360. The van der Waals surface area contributed by atoms with Crippen LogP contribution >= 0.6 is 0 Å². The molecule has 0 radical (unpaired) electrons. The number of aromatic nitrogens is 1. The summed E-state index contributed by atoms with van der Waals surface area (Å²) in [5.74, 6) is -0.158. The zero-order valence-corrected chi connectivity index (χ0v) is 15.0. The van der Waals surface area contributed by atoms with E-state index in [1.165, 1.54) is 4.90 Å². The summed E-state index contributed by atoms with van der Waals surface area (Å²) in [7, 11) is 0. The lowest BCUT2D eigenvalue weighted by Crippen LogP contribution is -2.42. The number of carbonyl (C=O) groups is 1. The van der Waals surface area contributed by atoms with E-state index >= 15 is 0 Å².